The molecule has 0 aromatic heterocycles. The number of carboxylic acid groups (broad SMARTS) is 1. The molecule has 0 aliphatic carbocycles. The van der Waals surface area contributed by atoms with Gasteiger partial charge in [0.1, 0.15) is 5.82 Å². The molecule has 8 heteroatoms. The zero-order chi connectivity index (χ0) is 24.9. The SMILES string of the molecule is O=C(O)c1ccc(-c2ccc(F)cc2)cc1C=Cc1ccc(Oc2ccccc2O)c([N+](=O)[O-])c1. The minimum Gasteiger partial charge on any atom is -0.504 e. The highest BCUT2D eigenvalue weighted by Gasteiger charge is 2.18. The van der Waals surface area contributed by atoms with Crippen LogP contribution < -0.4 is 4.74 Å². The second-order valence-corrected chi connectivity index (χ2v) is 7.50. The zero-order valence-electron chi connectivity index (χ0n) is 18.1. The first-order valence-corrected chi connectivity index (χ1v) is 10.4. The number of ether oxygens (including phenoxy) is 1. The van der Waals surface area contributed by atoms with Crippen molar-refractivity contribution in [2.24, 2.45) is 0 Å². The number of phenols is 1. The summed E-state index contributed by atoms with van der Waals surface area (Å²) < 4.78 is 18.8. The van der Waals surface area contributed by atoms with Crippen molar-refractivity contribution in [1.29, 1.82) is 0 Å². The number of halogens is 1. The summed E-state index contributed by atoms with van der Waals surface area (Å²) in [7, 11) is 0. The minimum atomic E-state index is -1.13. The Hall–Kier alpha value is -4.98. The van der Waals surface area contributed by atoms with Crippen LogP contribution in [0.15, 0.2) is 84.9 Å². The molecule has 0 amide bonds. The average Bonchev–Trinajstić information content (AvgIpc) is 2.84. The van der Waals surface area contributed by atoms with Crippen molar-refractivity contribution in [2.75, 3.05) is 0 Å². The van der Waals surface area contributed by atoms with E-state index in [9.17, 15) is 29.5 Å². The number of rotatable bonds is 7. The number of nitro groups is 1. The number of nitrogens with zero attached hydrogens (tertiary/aromatic N) is 1. The molecule has 174 valence electrons. The molecule has 4 aromatic carbocycles. The van der Waals surface area contributed by atoms with Gasteiger partial charge in [-0.3, -0.25) is 10.1 Å². The van der Waals surface area contributed by atoms with E-state index in [1.807, 2.05) is 0 Å². The Labute approximate surface area is 199 Å². The average molecular weight is 471 g/mol. The van der Waals surface area contributed by atoms with Gasteiger partial charge in [-0.15, -0.1) is 0 Å². The Morgan fingerprint density at radius 2 is 1.60 bits per heavy atom. The Morgan fingerprint density at radius 3 is 2.29 bits per heavy atom. The van der Waals surface area contributed by atoms with Gasteiger partial charge >= 0.3 is 11.7 Å². The number of benzene rings is 4. The highest BCUT2D eigenvalue weighted by Crippen LogP contribution is 2.36. The first-order chi connectivity index (χ1) is 16.8. The number of carbonyl (C=O) groups is 1. The smallest absolute Gasteiger partial charge is 0.336 e. The van der Waals surface area contributed by atoms with Crippen LogP contribution >= 0.6 is 0 Å². The highest BCUT2D eigenvalue weighted by molar-refractivity contribution is 5.94. The monoisotopic (exact) mass is 471 g/mol. The standard InChI is InChI=1S/C27H18FNO6/c28-21-11-8-18(9-12-21)19-10-13-22(27(31)32)20(16-19)7-5-17-6-14-25(23(15-17)29(33)34)35-26-4-2-1-3-24(26)30/h1-16,30H,(H,31,32). The Kier molecular flexibility index (Phi) is 6.55. The molecule has 0 fully saturated rings. The second kappa shape index (κ2) is 9.88. The van der Waals surface area contributed by atoms with Gasteiger partial charge < -0.3 is 14.9 Å². The lowest BCUT2D eigenvalue weighted by Gasteiger charge is -2.09. The van der Waals surface area contributed by atoms with E-state index in [4.69, 9.17) is 4.74 Å². The van der Waals surface area contributed by atoms with Crippen molar-refractivity contribution in [1.82, 2.24) is 0 Å². The fraction of sp³-hybridized carbons (Fsp3) is 0. The lowest BCUT2D eigenvalue weighted by Crippen LogP contribution is -1.99. The van der Waals surface area contributed by atoms with Crippen LogP contribution in [0.3, 0.4) is 0 Å². The van der Waals surface area contributed by atoms with Gasteiger partial charge in [0, 0.05) is 6.07 Å². The molecule has 2 N–H and O–H groups in total. The van der Waals surface area contributed by atoms with E-state index in [0.29, 0.717) is 22.3 Å². The van der Waals surface area contributed by atoms with Crippen molar-refractivity contribution in [3.63, 3.8) is 0 Å². The third-order valence-electron chi connectivity index (χ3n) is 5.18. The summed E-state index contributed by atoms with van der Waals surface area (Å²) in [6, 6.07) is 20.9. The van der Waals surface area contributed by atoms with Gasteiger partial charge in [0.2, 0.25) is 5.75 Å². The Balaban J connectivity index is 1.68. The summed E-state index contributed by atoms with van der Waals surface area (Å²) in [5.74, 6) is -1.66. The van der Waals surface area contributed by atoms with Gasteiger partial charge in [-0.1, -0.05) is 48.6 Å². The van der Waals surface area contributed by atoms with Crippen LogP contribution in [0.25, 0.3) is 23.3 Å². The molecule has 0 unspecified atom stereocenters. The van der Waals surface area contributed by atoms with Gasteiger partial charge in [0.15, 0.2) is 11.5 Å². The van der Waals surface area contributed by atoms with E-state index < -0.39 is 10.9 Å². The molecule has 0 radical (unpaired) electrons. The van der Waals surface area contributed by atoms with Crippen molar-refractivity contribution < 1.29 is 29.1 Å². The molecular weight excluding hydrogens is 453 g/mol. The summed E-state index contributed by atoms with van der Waals surface area (Å²) >= 11 is 0. The topological polar surface area (TPSA) is 110 Å². The number of nitro benzene ring substituents is 1. The molecule has 35 heavy (non-hydrogen) atoms. The van der Waals surface area contributed by atoms with Gasteiger partial charge in [0.25, 0.3) is 0 Å². The molecule has 0 atom stereocenters. The van der Waals surface area contributed by atoms with Crippen LogP contribution in [-0.2, 0) is 0 Å². The molecule has 7 nitrogen and oxygen atoms in total. The molecule has 4 aromatic rings. The van der Waals surface area contributed by atoms with E-state index in [2.05, 4.69) is 0 Å². The van der Waals surface area contributed by atoms with Crippen LogP contribution in [-0.4, -0.2) is 21.1 Å². The number of phenolic OH excluding ortho intramolecular Hbond substituents is 1. The second-order valence-electron chi connectivity index (χ2n) is 7.50. The summed E-state index contributed by atoms with van der Waals surface area (Å²) in [5, 5.41) is 31.1. The molecule has 0 aliphatic rings. The van der Waals surface area contributed by atoms with Crippen molar-refractivity contribution >= 4 is 23.8 Å². The molecule has 0 aliphatic heterocycles. The molecular formula is C27H18FNO6. The fourth-order valence-corrected chi connectivity index (χ4v) is 3.43. The number of aromatic carboxylic acids is 1. The predicted molar refractivity (Wildman–Crippen MR) is 129 cm³/mol. The van der Waals surface area contributed by atoms with Crippen LogP contribution in [0.5, 0.6) is 17.2 Å². The maximum atomic E-state index is 13.3. The number of carboxylic acids is 1. The number of para-hydroxylation sites is 2. The highest BCUT2D eigenvalue weighted by atomic mass is 19.1. The van der Waals surface area contributed by atoms with Crippen molar-refractivity contribution in [2.45, 2.75) is 0 Å². The quantitative estimate of drug-likeness (QED) is 0.175. The molecule has 0 saturated heterocycles. The largest absolute Gasteiger partial charge is 0.504 e. The predicted octanol–water partition coefficient (Wildman–Crippen LogP) is 6.77. The third-order valence-corrected chi connectivity index (χ3v) is 5.18. The minimum absolute atomic E-state index is 0.0427. The molecule has 4 rings (SSSR count). The lowest BCUT2D eigenvalue weighted by molar-refractivity contribution is -0.385. The van der Waals surface area contributed by atoms with Crippen molar-refractivity contribution in [3.8, 4) is 28.4 Å². The van der Waals surface area contributed by atoms with E-state index >= 15 is 0 Å². The number of hydrogen-bond acceptors (Lipinski definition) is 5. The summed E-state index contributed by atoms with van der Waals surface area (Å²) in [4.78, 5) is 22.7. The first kappa shape index (κ1) is 23.2. The van der Waals surface area contributed by atoms with Gasteiger partial charge in [0.05, 0.1) is 10.5 Å². The summed E-state index contributed by atoms with van der Waals surface area (Å²) in [5.41, 5.74) is 1.92. The summed E-state index contributed by atoms with van der Waals surface area (Å²) in [6.45, 7) is 0. The fourth-order valence-electron chi connectivity index (χ4n) is 3.43. The van der Waals surface area contributed by atoms with Crippen LogP contribution in [0.4, 0.5) is 10.1 Å². The number of aromatic hydroxyl groups is 1. The Morgan fingerprint density at radius 1 is 0.886 bits per heavy atom. The first-order valence-electron chi connectivity index (χ1n) is 10.4. The molecule has 0 spiro atoms. The normalized spacial score (nSPS) is 10.9. The van der Waals surface area contributed by atoms with Gasteiger partial charge in [-0.25, -0.2) is 9.18 Å². The van der Waals surface area contributed by atoms with Gasteiger partial charge in [-0.05, 0) is 64.7 Å². The van der Waals surface area contributed by atoms with E-state index in [1.54, 1.807) is 54.6 Å². The van der Waals surface area contributed by atoms with Gasteiger partial charge in [-0.2, -0.15) is 0 Å². The van der Waals surface area contributed by atoms with Crippen LogP contribution in [0, 0.1) is 15.9 Å². The lowest BCUT2D eigenvalue weighted by atomic mass is 9.98. The van der Waals surface area contributed by atoms with Crippen LogP contribution in [0.2, 0.25) is 0 Å². The number of hydrogen-bond donors (Lipinski definition) is 2. The van der Waals surface area contributed by atoms with E-state index in [1.165, 1.54) is 42.5 Å². The molecule has 0 bridgehead atoms. The summed E-state index contributed by atoms with van der Waals surface area (Å²) in [6.07, 6.45) is 3.09. The van der Waals surface area contributed by atoms with E-state index in [0.717, 1.165) is 0 Å². The van der Waals surface area contributed by atoms with E-state index in [-0.39, 0.29) is 34.3 Å². The maximum absolute atomic E-state index is 13.3. The third kappa shape index (κ3) is 5.33. The van der Waals surface area contributed by atoms with Crippen molar-refractivity contribution in [3.05, 3.63) is 118 Å². The molecule has 0 saturated carbocycles. The van der Waals surface area contributed by atoms with Crippen LogP contribution in [0.1, 0.15) is 21.5 Å². The molecule has 0 heterocycles. The maximum Gasteiger partial charge on any atom is 0.336 e. The zero-order valence-corrected chi connectivity index (χ0v) is 18.1. The Bertz CT molecular complexity index is 1450.